The lowest BCUT2D eigenvalue weighted by Gasteiger charge is -2.46. The van der Waals surface area contributed by atoms with Crippen molar-refractivity contribution in [2.45, 2.75) is 12.5 Å². The zero-order chi connectivity index (χ0) is 9.71. The van der Waals surface area contributed by atoms with E-state index in [4.69, 9.17) is 5.73 Å². The molecule has 3 heteroatoms. The highest BCUT2D eigenvalue weighted by Crippen LogP contribution is 2.47. The van der Waals surface area contributed by atoms with Gasteiger partial charge in [-0.3, -0.25) is 4.90 Å². The Labute approximate surface area is 81.8 Å². The van der Waals surface area contributed by atoms with E-state index in [0.29, 0.717) is 0 Å². The summed E-state index contributed by atoms with van der Waals surface area (Å²) in [4.78, 5) is 12.8. The van der Waals surface area contributed by atoms with Crippen LogP contribution in [0.1, 0.15) is 23.6 Å². The molecule has 1 aromatic carbocycles. The number of benzene rings is 1. The molecule has 70 valence electrons. The van der Waals surface area contributed by atoms with E-state index in [-0.39, 0.29) is 12.1 Å². The summed E-state index contributed by atoms with van der Waals surface area (Å²) >= 11 is 0. The van der Waals surface area contributed by atoms with Gasteiger partial charge in [0.1, 0.15) is 0 Å². The largest absolute Gasteiger partial charge is 0.351 e. The van der Waals surface area contributed by atoms with E-state index in [1.807, 2.05) is 18.2 Å². The second kappa shape index (κ2) is 2.38. The minimum absolute atomic E-state index is 0.184. The Morgan fingerprint density at radius 1 is 1.43 bits per heavy atom. The van der Waals surface area contributed by atoms with Gasteiger partial charge in [0.25, 0.3) is 0 Å². The maximum atomic E-state index is 11.1. The average Bonchev–Trinajstić information content (AvgIpc) is 2.15. The first-order valence-electron chi connectivity index (χ1n) is 4.65. The molecule has 0 saturated carbocycles. The zero-order valence-corrected chi connectivity index (χ0v) is 7.60. The SMILES string of the molecule is NC(=O)N1C2=Cc3ccccc3C1C2. The quantitative estimate of drug-likeness (QED) is 0.660. The number of hydrogen-bond acceptors (Lipinski definition) is 1. The molecule has 14 heavy (non-hydrogen) atoms. The Kier molecular flexibility index (Phi) is 1.29. The third kappa shape index (κ3) is 0.789. The van der Waals surface area contributed by atoms with Crippen molar-refractivity contribution >= 4 is 12.1 Å². The Morgan fingerprint density at radius 2 is 2.21 bits per heavy atom. The standard InChI is InChI=1S/C11H10N2O/c12-11(14)13-8-5-7-3-1-2-4-9(7)10(13)6-8/h1-5,10H,6H2,(H2,12,14). The molecule has 1 aromatic rings. The van der Waals surface area contributed by atoms with E-state index in [1.165, 1.54) is 11.1 Å². The number of carbonyl (C=O) groups excluding carboxylic acids is 1. The summed E-state index contributed by atoms with van der Waals surface area (Å²) in [6.07, 6.45) is 2.99. The molecular weight excluding hydrogens is 176 g/mol. The van der Waals surface area contributed by atoms with Crippen LogP contribution in [0.4, 0.5) is 4.79 Å². The molecule has 1 fully saturated rings. The van der Waals surface area contributed by atoms with Gasteiger partial charge in [0.15, 0.2) is 0 Å². The Bertz CT molecular complexity index is 450. The molecule has 0 spiro atoms. The molecule has 4 rings (SSSR count). The molecule has 2 bridgehead atoms. The van der Waals surface area contributed by atoms with Gasteiger partial charge in [-0.15, -0.1) is 0 Å². The highest BCUT2D eigenvalue weighted by Gasteiger charge is 2.40. The second-order valence-electron chi connectivity index (χ2n) is 3.69. The third-order valence-electron chi connectivity index (χ3n) is 2.94. The predicted octanol–water partition coefficient (Wildman–Crippen LogP) is 1.87. The summed E-state index contributed by atoms with van der Waals surface area (Å²) in [5.41, 5.74) is 8.76. The summed E-state index contributed by atoms with van der Waals surface area (Å²) in [5, 5.41) is 0. The van der Waals surface area contributed by atoms with Crippen molar-refractivity contribution in [3.63, 3.8) is 0 Å². The number of rotatable bonds is 0. The monoisotopic (exact) mass is 186 g/mol. The van der Waals surface area contributed by atoms with Crippen LogP contribution in [0.2, 0.25) is 0 Å². The fourth-order valence-corrected chi connectivity index (χ4v) is 2.27. The number of urea groups is 1. The van der Waals surface area contributed by atoms with Crippen molar-refractivity contribution in [3.8, 4) is 0 Å². The van der Waals surface area contributed by atoms with E-state index in [0.717, 1.165) is 12.1 Å². The Hall–Kier alpha value is -1.77. The van der Waals surface area contributed by atoms with Gasteiger partial charge in [0, 0.05) is 12.1 Å². The van der Waals surface area contributed by atoms with Gasteiger partial charge in [-0.2, -0.15) is 0 Å². The van der Waals surface area contributed by atoms with E-state index in [1.54, 1.807) is 4.90 Å². The van der Waals surface area contributed by atoms with Crippen LogP contribution >= 0.6 is 0 Å². The number of nitrogens with two attached hydrogens (primary N) is 1. The van der Waals surface area contributed by atoms with Crippen LogP contribution in [0.25, 0.3) is 6.08 Å². The van der Waals surface area contributed by atoms with Crippen molar-refractivity contribution in [2.24, 2.45) is 5.73 Å². The van der Waals surface area contributed by atoms with Gasteiger partial charge in [-0.25, -0.2) is 4.79 Å². The van der Waals surface area contributed by atoms with Crippen LogP contribution in [0.15, 0.2) is 30.0 Å². The van der Waals surface area contributed by atoms with Crippen LogP contribution in [0.3, 0.4) is 0 Å². The maximum Gasteiger partial charge on any atom is 0.319 e. The molecule has 2 aliphatic heterocycles. The number of nitrogens with zero attached hydrogens (tertiary/aromatic N) is 1. The van der Waals surface area contributed by atoms with Crippen molar-refractivity contribution in [1.82, 2.24) is 4.90 Å². The Morgan fingerprint density at radius 3 is 3.00 bits per heavy atom. The fourth-order valence-electron chi connectivity index (χ4n) is 2.27. The number of hydrogen-bond donors (Lipinski definition) is 1. The van der Waals surface area contributed by atoms with E-state index in [9.17, 15) is 4.79 Å². The first-order chi connectivity index (χ1) is 6.77. The normalized spacial score (nSPS) is 22.1. The number of primary amides is 1. The minimum Gasteiger partial charge on any atom is -0.351 e. The summed E-state index contributed by atoms with van der Waals surface area (Å²) in [7, 11) is 0. The Balaban J connectivity index is 2.12. The molecule has 1 aliphatic carbocycles. The molecule has 3 nitrogen and oxygen atoms in total. The minimum atomic E-state index is -0.345. The van der Waals surface area contributed by atoms with Crippen molar-refractivity contribution < 1.29 is 4.79 Å². The molecule has 1 unspecified atom stereocenters. The third-order valence-corrected chi connectivity index (χ3v) is 2.94. The molecule has 0 aromatic heterocycles. The first-order valence-corrected chi connectivity index (χ1v) is 4.65. The first kappa shape index (κ1) is 7.62. The fraction of sp³-hybridized carbons (Fsp3) is 0.182. The van der Waals surface area contributed by atoms with E-state index < -0.39 is 0 Å². The summed E-state index contributed by atoms with van der Waals surface area (Å²) in [6, 6.07) is 7.97. The molecule has 1 saturated heterocycles. The van der Waals surface area contributed by atoms with Gasteiger partial charge in [-0.05, 0) is 17.2 Å². The summed E-state index contributed by atoms with van der Waals surface area (Å²) in [5.74, 6) is 0. The van der Waals surface area contributed by atoms with Gasteiger partial charge in [0.2, 0.25) is 0 Å². The van der Waals surface area contributed by atoms with Crippen LogP contribution in [-0.2, 0) is 0 Å². The molecule has 2 N–H and O–H groups in total. The molecule has 1 atom stereocenters. The molecular formula is C11H10N2O. The maximum absolute atomic E-state index is 11.1. The molecule has 2 amide bonds. The van der Waals surface area contributed by atoms with Crippen molar-refractivity contribution in [1.29, 1.82) is 0 Å². The van der Waals surface area contributed by atoms with Gasteiger partial charge in [0.05, 0.1) is 6.04 Å². The molecule has 3 aliphatic rings. The van der Waals surface area contributed by atoms with E-state index in [2.05, 4.69) is 12.1 Å². The van der Waals surface area contributed by atoms with Crippen molar-refractivity contribution in [2.75, 3.05) is 0 Å². The zero-order valence-electron chi connectivity index (χ0n) is 7.60. The smallest absolute Gasteiger partial charge is 0.319 e. The lowest BCUT2D eigenvalue weighted by atomic mass is 9.82. The van der Waals surface area contributed by atoms with Crippen molar-refractivity contribution in [3.05, 3.63) is 41.1 Å². The predicted molar refractivity (Wildman–Crippen MR) is 53.2 cm³/mol. The topological polar surface area (TPSA) is 46.3 Å². The highest BCUT2D eigenvalue weighted by atomic mass is 16.2. The lowest BCUT2D eigenvalue weighted by molar-refractivity contribution is 0.164. The number of amides is 2. The molecule has 2 heterocycles. The van der Waals surface area contributed by atoms with Gasteiger partial charge in [-0.1, -0.05) is 24.3 Å². The highest BCUT2D eigenvalue weighted by molar-refractivity contribution is 5.81. The molecule has 0 radical (unpaired) electrons. The van der Waals surface area contributed by atoms with Gasteiger partial charge >= 0.3 is 6.03 Å². The number of carbonyl (C=O) groups is 1. The van der Waals surface area contributed by atoms with Crippen LogP contribution in [0.5, 0.6) is 0 Å². The lowest BCUT2D eigenvalue weighted by Crippen LogP contribution is -2.47. The van der Waals surface area contributed by atoms with Gasteiger partial charge < -0.3 is 5.73 Å². The summed E-state index contributed by atoms with van der Waals surface area (Å²) in [6.45, 7) is 0. The second-order valence-corrected chi connectivity index (χ2v) is 3.69. The van der Waals surface area contributed by atoms with Crippen LogP contribution in [-0.4, -0.2) is 10.9 Å². The van der Waals surface area contributed by atoms with Crippen LogP contribution in [0, 0.1) is 0 Å². The van der Waals surface area contributed by atoms with E-state index >= 15 is 0 Å². The van der Waals surface area contributed by atoms with Crippen LogP contribution < -0.4 is 5.73 Å². The summed E-state index contributed by atoms with van der Waals surface area (Å²) < 4.78 is 0. The average molecular weight is 186 g/mol.